The topological polar surface area (TPSA) is 76.4 Å². The summed E-state index contributed by atoms with van der Waals surface area (Å²) in [6.45, 7) is 6.37. The van der Waals surface area contributed by atoms with Crippen molar-refractivity contribution in [1.29, 1.82) is 0 Å². The molecule has 4 aromatic rings. The van der Waals surface area contributed by atoms with E-state index in [4.69, 9.17) is 19.8 Å². The van der Waals surface area contributed by atoms with Gasteiger partial charge in [-0.2, -0.15) is 5.10 Å². The average molecular weight is 475 g/mol. The molecule has 0 atom stereocenters. The lowest BCUT2D eigenvalue weighted by Gasteiger charge is -2.35. The largest absolute Gasteiger partial charge is 0.497 e. The molecule has 180 valence electrons. The zero-order chi connectivity index (χ0) is 24.5. The molecule has 0 spiro atoms. The van der Waals surface area contributed by atoms with Crippen LogP contribution in [0.1, 0.15) is 28.8 Å². The fourth-order valence-electron chi connectivity index (χ4n) is 4.39. The summed E-state index contributed by atoms with van der Waals surface area (Å²) in [6, 6.07) is 13.4. The van der Waals surface area contributed by atoms with Gasteiger partial charge in [-0.3, -0.25) is 4.79 Å². The number of nitrogens with zero attached hydrogens (tertiary/aromatic N) is 6. The molecule has 0 radical (unpaired) electrons. The van der Waals surface area contributed by atoms with E-state index in [9.17, 15) is 9.18 Å². The number of anilines is 1. The molecule has 8 nitrogen and oxygen atoms in total. The SMILES string of the molecule is CCc1nc(N2CCN(C(=O)c3ccc(F)cc3)CC2)c2c(C)nn(-c3ccc(OC)cc3)c2n1. The molecule has 1 amide bonds. The van der Waals surface area contributed by atoms with E-state index < -0.39 is 0 Å². The number of amides is 1. The second kappa shape index (κ2) is 9.32. The Bertz CT molecular complexity index is 1360. The third-order valence-corrected chi connectivity index (χ3v) is 6.32. The van der Waals surface area contributed by atoms with Crippen LogP contribution < -0.4 is 9.64 Å². The number of carbonyl (C=O) groups excluding carboxylic acids is 1. The molecule has 9 heteroatoms. The van der Waals surface area contributed by atoms with Crippen LogP contribution in [0.4, 0.5) is 10.2 Å². The molecule has 1 aliphatic rings. The van der Waals surface area contributed by atoms with Crippen LogP contribution in [0.3, 0.4) is 0 Å². The van der Waals surface area contributed by atoms with Crippen molar-refractivity contribution in [2.45, 2.75) is 20.3 Å². The number of benzene rings is 2. The van der Waals surface area contributed by atoms with Crippen molar-refractivity contribution < 1.29 is 13.9 Å². The number of halogens is 1. The van der Waals surface area contributed by atoms with Crippen LogP contribution in [0.2, 0.25) is 0 Å². The Labute approximate surface area is 203 Å². The van der Waals surface area contributed by atoms with Crippen LogP contribution in [0.5, 0.6) is 5.75 Å². The van der Waals surface area contributed by atoms with Crippen LogP contribution in [-0.2, 0) is 6.42 Å². The van der Waals surface area contributed by atoms with Crippen molar-refractivity contribution >= 4 is 22.8 Å². The quantitative estimate of drug-likeness (QED) is 0.438. The third kappa shape index (κ3) is 4.29. The molecule has 3 heterocycles. The molecule has 0 N–H and O–H groups in total. The van der Waals surface area contributed by atoms with E-state index in [1.165, 1.54) is 24.3 Å². The zero-order valence-electron chi connectivity index (χ0n) is 20.0. The third-order valence-electron chi connectivity index (χ3n) is 6.32. The monoisotopic (exact) mass is 474 g/mol. The summed E-state index contributed by atoms with van der Waals surface area (Å²) in [6.07, 6.45) is 0.693. The Balaban J connectivity index is 1.45. The minimum atomic E-state index is -0.351. The van der Waals surface area contributed by atoms with Gasteiger partial charge in [0.1, 0.15) is 23.2 Å². The Morgan fingerprint density at radius 1 is 1.00 bits per heavy atom. The first kappa shape index (κ1) is 22.8. The highest BCUT2D eigenvalue weighted by Gasteiger charge is 2.26. The van der Waals surface area contributed by atoms with Gasteiger partial charge in [-0.25, -0.2) is 19.0 Å². The maximum absolute atomic E-state index is 13.2. The van der Waals surface area contributed by atoms with Crippen molar-refractivity contribution in [2.24, 2.45) is 0 Å². The molecule has 2 aromatic heterocycles. The van der Waals surface area contributed by atoms with Crippen molar-refractivity contribution in [3.8, 4) is 11.4 Å². The highest BCUT2D eigenvalue weighted by Crippen LogP contribution is 2.30. The normalized spacial score (nSPS) is 13.9. The number of piperazine rings is 1. The summed E-state index contributed by atoms with van der Waals surface area (Å²) in [5.74, 6) is 1.93. The van der Waals surface area contributed by atoms with Crippen LogP contribution >= 0.6 is 0 Å². The van der Waals surface area contributed by atoms with E-state index in [1.54, 1.807) is 12.0 Å². The summed E-state index contributed by atoms with van der Waals surface area (Å²) in [5, 5.41) is 5.70. The predicted octanol–water partition coefficient (Wildman–Crippen LogP) is 3.80. The number of rotatable bonds is 5. The number of aryl methyl sites for hydroxylation is 2. The van der Waals surface area contributed by atoms with Crippen LogP contribution in [0.15, 0.2) is 48.5 Å². The van der Waals surface area contributed by atoms with E-state index in [0.29, 0.717) is 38.2 Å². The summed E-state index contributed by atoms with van der Waals surface area (Å²) in [5.41, 5.74) is 3.00. The number of aromatic nitrogens is 4. The molecule has 2 aromatic carbocycles. The second-order valence-corrected chi connectivity index (χ2v) is 8.50. The Hall–Kier alpha value is -4.01. The van der Waals surface area contributed by atoms with Gasteiger partial charge in [-0.15, -0.1) is 0 Å². The molecule has 0 bridgehead atoms. The average Bonchev–Trinajstić information content (AvgIpc) is 3.24. The molecular weight excluding hydrogens is 447 g/mol. The fraction of sp³-hybridized carbons (Fsp3) is 0.308. The lowest BCUT2D eigenvalue weighted by Crippen LogP contribution is -2.49. The van der Waals surface area contributed by atoms with Crippen molar-refractivity contribution in [2.75, 3.05) is 38.2 Å². The van der Waals surface area contributed by atoms with Gasteiger partial charge in [0, 0.05) is 38.2 Å². The summed E-state index contributed by atoms with van der Waals surface area (Å²) < 4.78 is 20.4. The molecule has 0 aliphatic carbocycles. The molecule has 1 fully saturated rings. The van der Waals surface area contributed by atoms with Crippen molar-refractivity contribution in [3.63, 3.8) is 0 Å². The first-order valence-corrected chi connectivity index (χ1v) is 11.7. The molecule has 0 saturated carbocycles. The first-order valence-electron chi connectivity index (χ1n) is 11.7. The summed E-state index contributed by atoms with van der Waals surface area (Å²) in [7, 11) is 1.64. The van der Waals surface area contributed by atoms with Gasteiger partial charge in [0.25, 0.3) is 5.91 Å². The Kier molecular flexibility index (Phi) is 6.07. The minimum Gasteiger partial charge on any atom is -0.497 e. The highest BCUT2D eigenvalue weighted by atomic mass is 19.1. The summed E-state index contributed by atoms with van der Waals surface area (Å²) in [4.78, 5) is 26.6. The zero-order valence-corrected chi connectivity index (χ0v) is 20.0. The van der Waals surface area contributed by atoms with Gasteiger partial charge in [0.15, 0.2) is 5.65 Å². The number of hydrogen-bond acceptors (Lipinski definition) is 6. The second-order valence-electron chi connectivity index (χ2n) is 8.50. The van der Waals surface area contributed by atoms with E-state index in [-0.39, 0.29) is 11.7 Å². The van der Waals surface area contributed by atoms with Crippen molar-refractivity contribution in [3.05, 3.63) is 71.4 Å². The van der Waals surface area contributed by atoms with Crippen LogP contribution in [-0.4, -0.2) is 63.8 Å². The van der Waals surface area contributed by atoms with Crippen molar-refractivity contribution in [1.82, 2.24) is 24.6 Å². The smallest absolute Gasteiger partial charge is 0.253 e. The molecule has 1 saturated heterocycles. The number of carbonyl (C=O) groups is 1. The lowest BCUT2D eigenvalue weighted by atomic mass is 10.1. The molecule has 35 heavy (non-hydrogen) atoms. The number of ether oxygens (including phenoxy) is 1. The van der Waals surface area contributed by atoms with Gasteiger partial charge in [0.2, 0.25) is 0 Å². The van der Waals surface area contributed by atoms with E-state index in [0.717, 1.165) is 39.8 Å². The predicted molar refractivity (Wildman–Crippen MR) is 132 cm³/mol. The molecule has 1 aliphatic heterocycles. The minimum absolute atomic E-state index is 0.0877. The highest BCUT2D eigenvalue weighted by molar-refractivity contribution is 5.95. The number of methoxy groups -OCH3 is 1. The maximum Gasteiger partial charge on any atom is 0.253 e. The fourth-order valence-corrected chi connectivity index (χ4v) is 4.39. The maximum atomic E-state index is 13.2. The number of hydrogen-bond donors (Lipinski definition) is 0. The van der Waals surface area contributed by atoms with Gasteiger partial charge in [-0.05, 0) is 55.5 Å². The van der Waals surface area contributed by atoms with E-state index >= 15 is 0 Å². The van der Waals surface area contributed by atoms with Gasteiger partial charge in [0.05, 0.1) is 23.9 Å². The van der Waals surface area contributed by atoms with Gasteiger partial charge >= 0.3 is 0 Å². The Morgan fingerprint density at radius 3 is 2.31 bits per heavy atom. The van der Waals surface area contributed by atoms with Crippen LogP contribution in [0, 0.1) is 12.7 Å². The lowest BCUT2D eigenvalue weighted by molar-refractivity contribution is 0.0746. The first-order chi connectivity index (χ1) is 17.0. The van der Waals surface area contributed by atoms with Crippen LogP contribution in [0.25, 0.3) is 16.7 Å². The van der Waals surface area contributed by atoms with E-state index in [1.807, 2.05) is 42.8 Å². The summed E-state index contributed by atoms with van der Waals surface area (Å²) >= 11 is 0. The molecule has 0 unspecified atom stereocenters. The number of fused-ring (bicyclic) bond motifs is 1. The molecular formula is C26H27FN6O2. The Morgan fingerprint density at radius 2 is 1.69 bits per heavy atom. The molecule has 5 rings (SSSR count). The standard InChI is InChI=1S/C26H27FN6O2/c1-4-22-28-24(31-13-15-32(16-14-31)26(34)18-5-7-19(27)8-6-18)23-17(2)30-33(25(23)29-22)20-9-11-21(35-3)12-10-20/h5-12H,4,13-16H2,1-3H3. The van der Waals surface area contributed by atoms with Gasteiger partial charge < -0.3 is 14.5 Å². The van der Waals surface area contributed by atoms with E-state index in [2.05, 4.69) is 4.90 Å². The van der Waals surface area contributed by atoms with Gasteiger partial charge in [-0.1, -0.05) is 6.92 Å².